The van der Waals surface area contributed by atoms with Crippen LogP contribution < -0.4 is 4.57 Å². The first-order valence-corrected chi connectivity index (χ1v) is 10.4. The van der Waals surface area contributed by atoms with Crippen LogP contribution in [0.5, 0.6) is 0 Å². The highest BCUT2D eigenvalue weighted by Gasteiger charge is 2.29. The third-order valence-electron chi connectivity index (χ3n) is 6.19. The van der Waals surface area contributed by atoms with Gasteiger partial charge in [0.05, 0.1) is 22.3 Å². The molecule has 0 unspecified atom stereocenters. The fourth-order valence-electron chi connectivity index (χ4n) is 4.70. The van der Waals surface area contributed by atoms with Gasteiger partial charge in [-0.2, -0.15) is 0 Å². The van der Waals surface area contributed by atoms with E-state index in [4.69, 9.17) is 4.98 Å². The molecule has 0 spiro atoms. The maximum atomic E-state index is 4.92. The predicted molar refractivity (Wildman–Crippen MR) is 121 cm³/mol. The molecule has 3 heterocycles. The molecule has 0 saturated carbocycles. The van der Waals surface area contributed by atoms with Crippen molar-refractivity contribution >= 4 is 11.0 Å². The quantitative estimate of drug-likeness (QED) is 0.364. The number of para-hydroxylation sites is 2. The van der Waals surface area contributed by atoms with Gasteiger partial charge in [-0.15, -0.1) is 0 Å². The third-order valence-corrected chi connectivity index (χ3v) is 6.19. The Balaban J connectivity index is 1.65. The zero-order valence-electron chi connectivity index (χ0n) is 17.1. The van der Waals surface area contributed by atoms with Gasteiger partial charge >= 0.3 is 0 Å². The molecule has 0 radical (unpaired) electrons. The Morgan fingerprint density at radius 3 is 2.53 bits per heavy atom. The van der Waals surface area contributed by atoms with Gasteiger partial charge in [-0.1, -0.05) is 54.6 Å². The van der Waals surface area contributed by atoms with Crippen LogP contribution in [-0.2, 0) is 13.5 Å². The molecule has 1 aliphatic rings. The number of aromatic nitrogens is 3. The van der Waals surface area contributed by atoms with Gasteiger partial charge < -0.3 is 0 Å². The van der Waals surface area contributed by atoms with Gasteiger partial charge in [-0.3, -0.25) is 4.57 Å². The number of aryl methyl sites for hydroxylation is 2. The predicted octanol–water partition coefficient (Wildman–Crippen LogP) is 5.40. The summed E-state index contributed by atoms with van der Waals surface area (Å²) < 4.78 is 4.59. The molecule has 6 rings (SSSR count). The zero-order chi connectivity index (χ0) is 20.2. The van der Waals surface area contributed by atoms with E-state index in [1.165, 1.54) is 44.7 Å². The van der Waals surface area contributed by atoms with Crippen molar-refractivity contribution in [3.63, 3.8) is 0 Å². The van der Waals surface area contributed by atoms with Crippen LogP contribution in [0.2, 0.25) is 0 Å². The minimum atomic E-state index is 0.874. The number of nitrogens with zero attached hydrogens (tertiary/aromatic N) is 3. The van der Waals surface area contributed by atoms with Crippen LogP contribution in [0.25, 0.3) is 39.1 Å². The molecule has 0 saturated heterocycles. The van der Waals surface area contributed by atoms with Crippen molar-refractivity contribution < 1.29 is 4.57 Å². The van der Waals surface area contributed by atoms with Crippen molar-refractivity contribution in [2.24, 2.45) is 7.05 Å². The summed E-state index contributed by atoms with van der Waals surface area (Å²) >= 11 is 0. The molecule has 0 bridgehead atoms. The van der Waals surface area contributed by atoms with Crippen molar-refractivity contribution in [2.45, 2.75) is 13.3 Å². The Kier molecular flexibility index (Phi) is 3.66. The van der Waals surface area contributed by atoms with Gasteiger partial charge in [0.1, 0.15) is 12.9 Å². The zero-order valence-corrected chi connectivity index (χ0v) is 17.1. The molecule has 0 N–H and O–H groups in total. The Hall–Kier alpha value is -3.72. The number of benzene rings is 3. The van der Waals surface area contributed by atoms with Crippen LogP contribution in [-0.4, -0.2) is 9.55 Å². The summed E-state index contributed by atoms with van der Waals surface area (Å²) in [5.74, 6) is 1.12. The van der Waals surface area contributed by atoms with Crippen molar-refractivity contribution in [1.29, 1.82) is 0 Å². The molecule has 3 nitrogen and oxygen atoms in total. The van der Waals surface area contributed by atoms with Crippen LogP contribution in [0.15, 0.2) is 85.1 Å². The van der Waals surface area contributed by atoms with E-state index < -0.39 is 0 Å². The molecule has 0 amide bonds. The van der Waals surface area contributed by atoms with Crippen molar-refractivity contribution in [3.8, 4) is 28.1 Å². The molecule has 1 aliphatic heterocycles. The van der Waals surface area contributed by atoms with E-state index in [9.17, 15) is 0 Å². The largest absolute Gasteiger partial charge is 0.295 e. The summed E-state index contributed by atoms with van der Waals surface area (Å²) in [5.41, 5.74) is 11.1. The second-order valence-electron chi connectivity index (χ2n) is 8.07. The fourth-order valence-corrected chi connectivity index (χ4v) is 4.70. The average Bonchev–Trinajstić information content (AvgIpc) is 3.31. The lowest BCUT2D eigenvalue weighted by molar-refractivity contribution is -0.660. The first-order chi connectivity index (χ1) is 14.7. The SMILES string of the molecule is Cc1ccc2c(c1-c1cc(-c3ccccc3)cc[n+]1C)-n1c(nc3ccccc31)C2. The summed E-state index contributed by atoms with van der Waals surface area (Å²) in [6, 6.07) is 28.0. The smallest absolute Gasteiger partial charge is 0.215 e. The first kappa shape index (κ1) is 17.2. The number of hydrogen-bond donors (Lipinski definition) is 0. The summed E-state index contributed by atoms with van der Waals surface area (Å²) in [6.45, 7) is 2.21. The van der Waals surface area contributed by atoms with Gasteiger partial charge in [0.15, 0.2) is 6.20 Å². The van der Waals surface area contributed by atoms with Crippen molar-refractivity contribution in [1.82, 2.24) is 9.55 Å². The number of hydrogen-bond acceptors (Lipinski definition) is 1. The van der Waals surface area contributed by atoms with Crippen LogP contribution in [0.4, 0.5) is 0 Å². The van der Waals surface area contributed by atoms with E-state index in [0.717, 1.165) is 17.8 Å². The number of pyridine rings is 1. The van der Waals surface area contributed by atoms with E-state index in [-0.39, 0.29) is 0 Å². The standard InChI is InChI=1S/C27H22N3/c1-18-12-13-21-17-25-28-22-10-6-7-11-23(22)30(25)27(21)26(18)24-16-20(14-15-29(24)2)19-8-4-3-5-9-19/h3-16H,17H2,1-2H3/q+1. The van der Waals surface area contributed by atoms with Gasteiger partial charge in [-0.25, -0.2) is 9.55 Å². The lowest BCUT2D eigenvalue weighted by atomic mass is 9.96. The van der Waals surface area contributed by atoms with E-state index >= 15 is 0 Å². The summed E-state index contributed by atoms with van der Waals surface area (Å²) in [5, 5.41) is 0. The lowest BCUT2D eigenvalue weighted by Gasteiger charge is -2.14. The number of imidazole rings is 1. The number of rotatable bonds is 2. The monoisotopic (exact) mass is 388 g/mol. The van der Waals surface area contributed by atoms with Crippen LogP contribution in [0, 0.1) is 6.92 Å². The van der Waals surface area contributed by atoms with Gasteiger partial charge in [0.2, 0.25) is 5.69 Å². The fraction of sp³-hybridized carbons (Fsp3) is 0.111. The maximum absolute atomic E-state index is 4.92. The second kappa shape index (κ2) is 6.39. The molecule has 144 valence electrons. The molecule has 0 aliphatic carbocycles. The average molecular weight is 388 g/mol. The van der Waals surface area contributed by atoms with Crippen LogP contribution >= 0.6 is 0 Å². The molecular formula is C27H22N3+. The van der Waals surface area contributed by atoms with E-state index in [1.807, 2.05) is 0 Å². The number of fused-ring (bicyclic) bond motifs is 5. The highest BCUT2D eigenvalue weighted by molar-refractivity contribution is 5.86. The van der Waals surface area contributed by atoms with Crippen LogP contribution in [0.1, 0.15) is 17.0 Å². The summed E-state index contributed by atoms with van der Waals surface area (Å²) in [4.78, 5) is 4.92. The van der Waals surface area contributed by atoms with Gasteiger partial charge in [0, 0.05) is 18.6 Å². The van der Waals surface area contributed by atoms with E-state index in [1.54, 1.807) is 0 Å². The molecule has 5 aromatic rings. The minimum absolute atomic E-state index is 0.874. The highest BCUT2D eigenvalue weighted by atomic mass is 15.1. The molecule has 0 atom stereocenters. The summed E-state index contributed by atoms with van der Waals surface area (Å²) in [6.07, 6.45) is 3.04. The van der Waals surface area contributed by atoms with Gasteiger partial charge in [-0.05, 0) is 41.3 Å². The lowest BCUT2D eigenvalue weighted by Crippen LogP contribution is -2.31. The molecule has 3 aromatic carbocycles. The Morgan fingerprint density at radius 1 is 0.867 bits per heavy atom. The van der Waals surface area contributed by atoms with Crippen molar-refractivity contribution in [3.05, 3.63) is 102 Å². The maximum Gasteiger partial charge on any atom is 0.215 e. The first-order valence-electron chi connectivity index (χ1n) is 10.4. The highest BCUT2D eigenvalue weighted by Crippen LogP contribution is 2.40. The second-order valence-corrected chi connectivity index (χ2v) is 8.07. The molecule has 30 heavy (non-hydrogen) atoms. The molecule has 0 fully saturated rings. The Labute approximate surface area is 175 Å². The third kappa shape index (κ3) is 2.45. The van der Waals surface area contributed by atoms with Crippen molar-refractivity contribution in [2.75, 3.05) is 0 Å². The topological polar surface area (TPSA) is 21.7 Å². The van der Waals surface area contributed by atoms with Crippen LogP contribution in [0.3, 0.4) is 0 Å². The normalized spacial score (nSPS) is 12.2. The minimum Gasteiger partial charge on any atom is -0.295 e. The molecular weight excluding hydrogens is 366 g/mol. The van der Waals surface area contributed by atoms with Gasteiger partial charge in [0.25, 0.3) is 0 Å². The molecule has 2 aromatic heterocycles. The Morgan fingerprint density at radius 2 is 1.67 bits per heavy atom. The Bertz CT molecular complexity index is 1430. The summed E-state index contributed by atoms with van der Waals surface area (Å²) in [7, 11) is 2.13. The van der Waals surface area contributed by atoms with E-state index in [0.29, 0.717) is 0 Å². The molecule has 3 heteroatoms. The van der Waals surface area contributed by atoms with E-state index in [2.05, 4.69) is 108 Å².